The van der Waals surface area contributed by atoms with Gasteiger partial charge in [0.1, 0.15) is 17.2 Å². The van der Waals surface area contributed by atoms with Gasteiger partial charge in [-0.1, -0.05) is 24.3 Å². The summed E-state index contributed by atoms with van der Waals surface area (Å²) in [6, 6.07) is 12.4. The summed E-state index contributed by atoms with van der Waals surface area (Å²) in [5.41, 5.74) is 12.7. The Balaban J connectivity index is 2.35. The van der Waals surface area contributed by atoms with Crippen LogP contribution >= 0.6 is 0 Å². The van der Waals surface area contributed by atoms with Crippen molar-refractivity contribution in [2.45, 2.75) is 20.8 Å². The van der Waals surface area contributed by atoms with E-state index < -0.39 is 0 Å². The van der Waals surface area contributed by atoms with E-state index in [2.05, 4.69) is 45.0 Å². The Hall–Kier alpha value is -2.29. The van der Waals surface area contributed by atoms with Crippen LogP contribution < -0.4 is 5.73 Å². The van der Waals surface area contributed by atoms with Crippen molar-refractivity contribution >= 4 is 11.5 Å². The molecule has 0 saturated carbocycles. The van der Waals surface area contributed by atoms with E-state index in [-0.39, 0.29) is 0 Å². The molecule has 3 aromatic rings. The number of pyridine rings is 1. The molecule has 2 heterocycles. The number of nitrogens with two attached hydrogens (primary N) is 1. The van der Waals surface area contributed by atoms with Gasteiger partial charge in [0.15, 0.2) is 0 Å². The molecule has 0 aliphatic carbocycles. The number of fused-ring (bicyclic) bond motifs is 1. The number of hydrogen-bond acceptors (Lipinski definition) is 2. The number of aromatic nitrogens is 2. The summed E-state index contributed by atoms with van der Waals surface area (Å²) in [4.78, 5) is 4.70. The molecule has 0 spiro atoms. The van der Waals surface area contributed by atoms with Crippen molar-refractivity contribution < 1.29 is 0 Å². The Kier molecular flexibility index (Phi) is 2.56. The van der Waals surface area contributed by atoms with Crippen LogP contribution in [0.1, 0.15) is 16.8 Å². The van der Waals surface area contributed by atoms with E-state index in [0.29, 0.717) is 5.82 Å². The molecule has 0 atom stereocenters. The van der Waals surface area contributed by atoms with Crippen molar-refractivity contribution in [3.8, 4) is 11.3 Å². The highest BCUT2D eigenvalue weighted by molar-refractivity contribution is 5.77. The molecule has 3 rings (SSSR count). The molecule has 0 unspecified atom stereocenters. The van der Waals surface area contributed by atoms with Crippen LogP contribution in [0.2, 0.25) is 0 Å². The summed E-state index contributed by atoms with van der Waals surface area (Å²) in [5, 5.41) is 0. The zero-order valence-electron chi connectivity index (χ0n) is 11.4. The second-order valence-electron chi connectivity index (χ2n) is 5.03. The van der Waals surface area contributed by atoms with Crippen LogP contribution in [0.15, 0.2) is 36.4 Å². The van der Waals surface area contributed by atoms with Crippen molar-refractivity contribution in [3.63, 3.8) is 0 Å². The summed E-state index contributed by atoms with van der Waals surface area (Å²) in [5.74, 6) is 0.710. The predicted octanol–water partition coefficient (Wildman–Crippen LogP) is 3.51. The van der Waals surface area contributed by atoms with Crippen LogP contribution in [0.3, 0.4) is 0 Å². The fourth-order valence-electron chi connectivity index (χ4n) is 2.59. The van der Waals surface area contributed by atoms with Crippen molar-refractivity contribution in [3.05, 3.63) is 53.2 Å². The highest BCUT2D eigenvalue weighted by Gasteiger charge is 2.14. The molecule has 0 aliphatic heterocycles. The topological polar surface area (TPSA) is 43.3 Å². The monoisotopic (exact) mass is 251 g/mol. The number of anilines is 1. The standard InChI is InChI=1S/C16H17N3/c1-10-8-12(3)19-14(9-10)18-15(16(19)17)13-7-5-4-6-11(13)2/h4-9H,17H2,1-3H3. The molecule has 0 saturated heterocycles. The Bertz CT molecular complexity index is 769. The first kappa shape index (κ1) is 11.8. The highest BCUT2D eigenvalue weighted by Crippen LogP contribution is 2.29. The minimum absolute atomic E-state index is 0.710. The third-order valence-corrected chi connectivity index (χ3v) is 3.49. The molecular formula is C16H17N3. The smallest absolute Gasteiger partial charge is 0.139 e. The maximum absolute atomic E-state index is 6.29. The summed E-state index contributed by atoms with van der Waals surface area (Å²) in [7, 11) is 0. The first-order chi connectivity index (χ1) is 9.08. The van der Waals surface area contributed by atoms with E-state index in [0.717, 1.165) is 22.6 Å². The summed E-state index contributed by atoms with van der Waals surface area (Å²) < 4.78 is 2.01. The van der Waals surface area contributed by atoms with Crippen molar-refractivity contribution in [2.75, 3.05) is 5.73 Å². The van der Waals surface area contributed by atoms with Crippen LogP contribution in [-0.4, -0.2) is 9.38 Å². The van der Waals surface area contributed by atoms with Gasteiger partial charge in [-0.25, -0.2) is 4.98 Å². The maximum atomic E-state index is 6.29. The van der Waals surface area contributed by atoms with Gasteiger partial charge in [0, 0.05) is 11.3 Å². The van der Waals surface area contributed by atoms with E-state index in [1.807, 2.05) is 16.5 Å². The van der Waals surface area contributed by atoms with Crippen LogP contribution in [0.25, 0.3) is 16.9 Å². The van der Waals surface area contributed by atoms with Crippen molar-refractivity contribution in [1.82, 2.24) is 9.38 Å². The largest absolute Gasteiger partial charge is 0.383 e. The van der Waals surface area contributed by atoms with Gasteiger partial charge in [-0.3, -0.25) is 4.40 Å². The zero-order valence-corrected chi connectivity index (χ0v) is 11.4. The minimum atomic E-state index is 0.710. The Morgan fingerprint density at radius 1 is 1.05 bits per heavy atom. The molecule has 0 aliphatic rings. The lowest BCUT2D eigenvalue weighted by atomic mass is 10.1. The molecule has 3 heteroatoms. The number of rotatable bonds is 1. The Labute approximate surface area is 112 Å². The molecule has 1 aromatic carbocycles. The Morgan fingerprint density at radius 3 is 2.53 bits per heavy atom. The molecular weight excluding hydrogens is 234 g/mol. The average molecular weight is 251 g/mol. The maximum Gasteiger partial charge on any atom is 0.139 e. The molecule has 2 aromatic heterocycles. The summed E-state index contributed by atoms with van der Waals surface area (Å²) >= 11 is 0. The van der Waals surface area contributed by atoms with E-state index in [9.17, 15) is 0 Å². The number of benzene rings is 1. The van der Waals surface area contributed by atoms with E-state index in [1.54, 1.807) is 0 Å². The van der Waals surface area contributed by atoms with E-state index >= 15 is 0 Å². The van der Waals surface area contributed by atoms with Gasteiger partial charge < -0.3 is 5.73 Å². The molecule has 0 fully saturated rings. The minimum Gasteiger partial charge on any atom is -0.383 e. The lowest BCUT2D eigenvalue weighted by Gasteiger charge is -2.05. The number of imidazole rings is 1. The van der Waals surface area contributed by atoms with Gasteiger partial charge >= 0.3 is 0 Å². The van der Waals surface area contributed by atoms with Crippen molar-refractivity contribution in [2.24, 2.45) is 0 Å². The second-order valence-corrected chi connectivity index (χ2v) is 5.03. The van der Waals surface area contributed by atoms with Gasteiger partial charge in [0.2, 0.25) is 0 Å². The number of nitrogen functional groups attached to an aromatic ring is 1. The first-order valence-electron chi connectivity index (χ1n) is 6.39. The lowest BCUT2D eigenvalue weighted by Crippen LogP contribution is -1.98. The quantitative estimate of drug-likeness (QED) is 0.719. The van der Waals surface area contributed by atoms with Gasteiger partial charge in [-0.15, -0.1) is 0 Å². The van der Waals surface area contributed by atoms with Crippen molar-refractivity contribution in [1.29, 1.82) is 0 Å². The van der Waals surface area contributed by atoms with Gasteiger partial charge in [0.25, 0.3) is 0 Å². The Morgan fingerprint density at radius 2 is 1.79 bits per heavy atom. The summed E-state index contributed by atoms with van der Waals surface area (Å²) in [6.45, 7) is 6.21. The van der Waals surface area contributed by atoms with E-state index in [4.69, 9.17) is 10.7 Å². The molecule has 3 nitrogen and oxygen atoms in total. The highest BCUT2D eigenvalue weighted by atomic mass is 15.1. The number of hydrogen-bond donors (Lipinski definition) is 1. The van der Waals surface area contributed by atoms with E-state index in [1.165, 1.54) is 11.1 Å². The normalized spacial score (nSPS) is 11.1. The molecule has 0 amide bonds. The zero-order chi connectivity index (χ0) is 13.6. The molecule has 19 heavy (non-hydrogen) atoms. The fraction of sp³-hybridized carbons (Fsp3) is 0.188. The van der Waals surface area contributed by atoms with Crippen LogP contribution in [-0.2, 0) is 0 Å². The third kappa shape index (κ3) is 1.78. The third-order valence-electron chi connectivity index (χ3n) is 3.49. The number of aryl methyl sites for hydroxylation is 3. The van der Waals surface area contributed by atoms with Crippen LogP contribution in [0.5, 0.6) is 0 Å². The van der Waals surface area contributed by atoms with Gasteiger partial charge in [0.05, 0.1) is 0 Å². The predicted molar refractivity (Wildman–Crippen MR) is 79.3 cm³/mol. The van der Waals surface area contributed by atoms with Crippen LogP contribution in [0, 0.1) is 20.8 Å². The number of nitrogens with zero attached hydrogens (tertiary/aromatic N) is 2. The molecule has 0 bridgehead atoms. The van der Waals surface area contributed by atoms with Crippen LogP contribution in [0.4, 0.5) is 5.82 Å². The lowest BCUT2D eigenvalue weighted by molar-refractivity contribution is 1.09. The summed E-state index contributed by atoms with van der Waals surface area (Å²) in [6.07, 6.45) is 0. The average Bonchev–Trinajstić information content (AvgIpc) is 2.67. The molecule has 2 N–H and O–H groups in total. The first-order valence-corrected chi connectivity index (χ1v) is 6.39. The second kappa shape index (κ2) is 4.12. The van der Waals surface area contributed by atoms with Gasteiger partial charge in [-0.05, 0) is 44.0 Å². The molecule has 96 valence electrons. The SMILES string of the molecule is Cc1cc(C)n2c(N)c(-c3ccccc3C)nc2c1. The van der Waals surface area contributed by atoms with Gasteiger partial charge in [-0.2, -0.15) is 0 Å². The molecule has 0 radical (unpaired) electrons. The fourth-order valence-corrected chi connectivity index (χ4v) is 2.59.